The number of benzene rings is 1. The molecule has 0 aliphatic carbocycles. The number of piperazine rings is 1. The van der Waals surface area contributed by atoms with Gasteiger partial charge in [-0.05, 0) is 12.5 Å². The number of hydrogen-bond donors (Lipinski definition) is 1. The van der Waals surface area contributed by atoms with Crippen LogP contribution in [0, 0.1) is 6.92 Å². The van der Waals surface area contributed by atoms with Crippen molar-refractivity contribution in [2.75, 3.05) is 38.0 Å². The first-order valence-corrected chi connectivity index (χ1v) is 9.76. The molecule has 1 aromatic carbocycles. The van der Waals surface area contributed by atoms with Crippen LogP contribution in [0.25, 0.3) is 0 Å². The van der Waals surface area contributed by atoms with Crippen molar-refractivity contribution in [2.45, 2.75) is 13.5 Å². The van der Waals surface area contributed by atoms with E-state index in [0.29, 0.717) is 50.0 Å². The van der Waals surface area contributed by atoms with Crippen molar-refractivity contribution in [3.8, 4) is 0 Å². The molecule has 0 atom stereocenters. The number of aryl methyl sites for hydroxylation is 1. The summed E-state index contributed by atoms with van der Waals surface area (Å²) in [6.45, 7) is 4.83. The molecular weight excluding hydrogens is 386 g/mol. The number of anilines is 1. The van der Waals surface area contributed by atoms with Crippen LogP contribution in [-0.4, -0.2) is 74.5 Å². The maximum Gasteiger partial charge on any atom is 0.276 e. The van der Waals surface area contributed by atoms with E-state index in [-0.39, 0.29) is 18.4 Å². The molecule has 3 heterocycles. The van der Waals surface area contributed by atoms with Gasteiger partial charge in [0.05, 0.1) is 19.3 Å². The third-order valence-corrected chi connectivity index (χ3v) is 4.87. The van der Waals surface area contributed by atoms with E-state index >= 15 is 0 Å². The fourth-order valence-corrected chi connectivity index (χ4v) is 3.33. The zero-order valence-electron chi connectivity index (χ0n) is 16.7. The van der Waals surface area contributed by atoms with Crippen LogP contribution in [0.5, 0.6) is 0 Å². The Kier molecular flexibility index (Phi) is 5.84. The van der Waals surface area contributed by atoms with Gasteiger partial charge >= 0.3 is 0 Å². The zero-order chi connectivity index (χ0) is 20.9. The standard InChI is InChI=1S/C20H23N7O3/c1-15-11-18(23-30-15)21-19(28)14-25-7-9-26(10-8-25)20(29)17-13-27(24-22-17)12-16-5-3-2-4-6-16/h2-6,11,13H,7-10,12,14H2,1H3,(H,21,23,28). The lowest BCUT2D eigenvalue weighted by molar-refractivity contribution is -0.117. The molecule has 0 saturated carbocycles. The molecule has 0 radical (unpaired) electrons. The molecule has 1 aliphatic rings. The summed E-state index contributed by atoms with van der Waals surface area (Å²) in [5.41, 5.74) is 1.42. The van der Waals surface area contributed by atoms with Crippen LogP contribution in [0.15, 0.2) is 47.1 Å². The summed E-state index contributed by atoms with van der Waals surface area (Å²) < 4.78 is 6.60. The molecule has 0 spiro atoms. The maximum atomic E-state index is 12.7. The lowest BCUT2D eigenvalue weighted by atomic mass is 10.2. The highest BCUT2D eigenvalue weighted by Gasteiger charge is 2.25. The normalized spacial score (nSPS) is 14.6. The Balaban J connectivity index is 1.25. The number of nitrogens with zero attached hydrogens (tertiary/aromatic N) is 6. The summed E-state index contributed by atoms with van der Waals surface area (Å²) in [7, 11) is 0. The van der Waals surface area contributed by atoms with Crippen molar-refractivity contribution >= 4 is 17.6 Å². The van der Waals surface area contributed by atoms with E-state index in [1.54, 1.807) is 28.8 Å². The zero-order valence-corrected chi connectivity index (χ0v) is 16.7. The Morgan fingerprint density at radius 1 is 1.13 bits per heavy atom. The quantitative estimate of drug-likeness (QED) is 0.647. The minimum absolute atomic E-state index is 0.142. The van der Waals surface area contributed by atoms with Crippen molar-refractivity contribution in [1.82, 2.24) is 30.0 Å². The summed E-state index contributed by atoms with van der Waals surface area (Å²) >= 11 is 0. The van der Waals surface area contributed by atoms with Crippen LogP contribution in [0.3, 0.4) is 0 Å². The monoisotopic (exact) mass is 409 g/mol. The van der Waals surface area contributed by atoms with Gasteiger partial charge in [-0.15, -0.1) is 5.10 Å². The number of carbonyl (C=O) groups is 2. The first-order valence-electron chi connectivity index (χ1n) is 9.76. The lowest BCUT2D eigenvalue weighted by Crippen LogP contribution is -2.50. The second kappa shape index (κ2) is 8.87. The maximum absolute atomic E-state index is 12.7. The molecule has 1 aliphatic heterocycles. The van der Waals surface area contributed by atoms with Gasteiger partial charge < -0.3 is 14.7 Å². The number of nitrogens with one attached hydrogen (secondary N) is 1. The van der Waals surface area contributed by atoms with Crippen molar-refractivity contribution < 1.29 is 14.1 Å². The van der Waals surface area contributed by atoms with Gasteiger partial charge in [-0.2, -0.15) is 0 Å². The van der Waals surface area contributed by atoms with Gasteiger partial charge in [0.25, 0.3) is 5.91 Å². The molecule has 1 N–H and O–H groups in total. The second-order valence-corrected chi connectivity index (χ2v) is 7.23. The van der Waals surface area contributed by atoms with E-state index in [0.717, 1.165) is 5.56 Å². The van der Waals surface area contributed by atoms with E-state index in [1.165, 1.54) is 0 Å². The molecule has 30 heavy (non-hydrogen) atoms. The molecule has 2 aromatic heterocycles. The Morgan fingerprint density at radius 3 is 2.60 bits per heavy atom. The van der Waals surface area contributed by atoms with E-state index in [9.17, 15) is 9.59 Å². The van der Waals surface area contributed by atoms with Gasteiger partial charge in [-0.25, -0.2) is 4.68 Å². The highest BCUT2D eigenvalue weighted by atomic mass is 16.5. The first-order chi connectivity index (χ1) is 14.6. The Bertz CT molecular complexity index is 1010. The Hall–Kier alpha value is -3.53. The number of aromatic nitrogens is 4. The molecule has 3 aromatic rings. The third kappa shape index (κ3) is 4.90. The molecule has 4 rings (SSSR count). The van der Waals surface area contributed by atoms with Crippen LogP contribution < -0.4 is 5.32 Å². The SMILES string of the molecule is Cc1cc(NC(=O)CN2CCN(C(=O)c3cn(Cc4ccccc4)nn3)CC2)no1. The van der Waals surface area contributed by atoms with Gasteiger partial charge in [-0.1, -0.05) is 40.7 Å². The molecule has 0 unspecified atom stereocenters. The third-order valence-electron chi connectivity index (χ3n) is 4.87. The summed E-state index contributed by atoms with van der Waals surface area (Å²) in [6.07, 6.45) is 1.68. The Labute approximate surface area is 173 Å². The van der Waals surface area contributed by atoms with E-state index in [4.69, 9.17) is 4.52 Å². The largest absolute Gasteiger partial charge is 0.360 e. The van der Waals surface area contributed by atoms with Gasteiger partial charge in [0, 0.05) is 32.2 Å². The number of rotatable bonds is 6. The number of amides is 2. The molecule has 1 saturated heterocycles. The van der Waals surface area contributed by atoms with E-state index in [2.05, 4.69) is 20.8 Å². The number of hydrogen-bond acceptors (Lipinski definition) is 7. The molecule has 156 valence electrons. The number of carbonyl (C=O) groups excluding carboxylic acids is 2. The predicted octanol–water partition coefficient (Wildman–Crippen LogP) is 1.02. The highest BCUT2D eigenvalue weighted by molar-refractivity contribution is 5.92. The van der Waals surface area contributed by atoms with Gasteiger partial charge in [0.2, 0.25) is 5.91 Å². The molecular formula is C20H23N7O3. The summed E-state index contributed by atoms with van der Waals surface area (Å²) in [6, 6.07) is 11.6. The van der Waals surface area contributed by atoms with Crippen molar-refractivity contribution in [3.63, 3.8) is 0 Å². The topological polar surface area (TPSA) is 109 Å². The fourth-order valence-electron chi connectivity index (χ4n) is 3.33. The van der Waals surface area contributed by atoms with Gasteiger partial charge in [-0.3, -0.25) is 14.5 Å². The van der Waals surface area contributed by atoms with Crippen LogP contribution in [0.4, 0.5) is 5.82 Å². The minimum Gasteiger partial charge on any atom is -0.360 e. The molecule has 10 heteroatoms. The summed E-state index contributed by atoms with van der Waals surface area (Å²) in [5, 5.41) is 14.6. The van der Waals surface area contributed by atoms with Crippen LogP contribution >= 0.6 is 0 Å². The van der Waals surface area contributed by atoms with Crippen molar-refractivity contribution in [2.24, 2.45) is 0 Å². The highest BCUT2D eigenvalue weighted by Crippen LogP contribution is 2.10. The minimum atomic E-state index is -0.160. The Morgan fingerprint density at radius 2 is 1.90 bits per heavy atom. The van der Waals surface area contributed by atoms with Crippen LogP contribution in [0.1, 0.15) is 21.8 Å². The van der Waals surface area contributed by atoms with E-state index in [1.807, 2.05) is 35.2 Å². The predicted molar refractivity (Wildman–Crippen MR) is 108 cm³/mol. The van der Waals surface area contributed by atoms with E-state index < -0.39 is 0 Å². The average molecular weight is 409 g/mol. The lowest BCUT2D eigenvalue weighted by Gasteiger charge is -2.33. The molecule has 10 nitrogen and oxygen atoms in total. The van der Waals surface area contributed by atoms with Crippen LogP contribution in [-0.2, 0) is 11.3 Å². The van der Waals surface area contributed by atoms with Crippen LogP contribution in [0.2, 0.25) is 0 Å². The van der Waals surface area contributed by atoms with Gasteiger partial charge in [0.1, 0.15) is 5.76 Å². The van der Waals surface area contributed by atoms with Crippen molar-refractivity contribution in [3.05, 3.63) is 59.6 Å². The van der Waals surface area contributed by atoms with Crippen molar-refractivity contribution in [1.29, 1.82) is 0 Å². The first kappa shape index (κ1) is 19.8. The summed E-state index contributed by atoms with van der Waals surface area (Å²) in [5.74, 6) is 0.742. The molecule has 0 bridgehead atoms. The second-order valence-electron chi connectivity index (χ2n) is 7.23. The summed E-state index contributed by atoms with van der Waals surface area (Å²) in [4.78, 5) is 28.6. The molecule has 2 amide bonds. The molecule has 1 fully saturated rings. The fraction of sp³-hybridized carbons (Fsp3) is 0.350. The smallest absolute Gasteiger partial charge is 0.276 e. The van der Waals surface area contributed by atoms with Gasteiger partial charge in [0.15, 0.2) is 11.5 Å². The average Bonchev–Trinajstić information content (AvgIpc) is 3.37.